The van der Waals surface area contributed by atoms with Gasteiger partial charge in [-0.05, 0) is 50.3 Å². The van der Waals surface area contributed by atoms with Gasteiger partial charge >= 0.3 is 0 Å². The first kappa shape index (κ1) is 20.1. The Morgan fingerprint density at radius 3 is 2.61 bits per heavy atom. The summed E-state index contributed by atoms with van der Waals surface area (Å²) in [6.45, 7) is 10.0. The molecule has 5 nitrogen and oxygen atoms in total. The number of aryl methyl sites for hydroxylation is 3. The van der Waals surface area contributed by atoms with E-state index in [0.29, 0.717) is 13.2 Å². The minimum Gasteiger partial charge on any atom is -0.488 e. The minimum atomic E-state index is 0.0203. The molecule has 0 saturated heterocycles. The molecule has 0 radical (unpaired) electrons. The number of hydrogen-bond acceptors (Lipinski definition) is 4. The fourth-order valence-electron chi connectivity index (χ4n) is 3.22. The molecule has 3 rings (SSSR count). The van der Waals surface area contributed by atoms with E-state index in [0.717, 1.165) is 45.1 Å². The normalized spacial score (nSPS) is 10.9. The van der Waals surface area contributed by atoms with Gasteiger partial charge < -0.3 is 9.64 Å². The maximum atomic E-state index is 12.8. The lowest BCUT2D eigenvalue weighted by atomic mass is 10.1. The summed E-state index contributed by atoms with van der Waals surface area (Å²) in [5.41, 5.74) is 5.44. The molecule has 0 aliphatic heterocycles. The second-order valence-electron chi connectivity index (χ2n) is 7.06. The number of rotatable bonds is 7. The van der Waals surface area contributed by atoms with Crippen LogP contribution in [-0.4, -0.2) is 27.6 Å². The van der Waals surface area contributed by atoms with Crippen LogP contribution in [0.2, 0.25) is 0 Å². The summed E-state index contributed by atoms with van der Waals surface area (Å²) in [5.74, 6) is 0.939. The standard InChI is InChI=1S/C22H27N3O2S/c1-6-25-17(4)19(11-23-25)12-24(5)22(26)20-10-18(14-28-20)13-27-21-15(2)8-7-9-16(21)3/h7-11,14H,6,12-13H2,1-5H3. The van der Waals surface area contributed by atoms with Crippen LogP contribution in [0.4, 0.5) is 0 Å². The fourth-order valence-corrected chi connectivity index (χ4v) is 4.11. The first-order valence-corrected chi connectivity index (χ1v) is 10.3. The van der Waals surface area contributed by atoms with Crippen molar-refractivity contribution in [1.29, 1.82) is 0 Å². The maximum Gasteiger partial charge on any atom is 0.263 e. The predicted molar refractivity (Wildman–Crippen MR) is 113 cm³/mol. The molecule has 0 saturated carbocycles. The van der Waals surface area contributed by atoms with Gasteiger partial charge in [0.2, 0.25) is 0 Å². The highest BCUT2D eigenvalue weighted by molar-refractivity contribution is 7.12. The summed E-state index contributed by atoms with van der Waals surface area (Å²) in [6, 6.07) is 8.05. The third kappa shape index (κ3) is 4.28. The summed E-state index contributed by atoms with van der Waals surface area (Å²) in [6.07, 6.45) is 1.85. The van der Waals surface area contributed by atoms with Crippen LogP contribution in [-0.2, 0) is 19.7 Å². The number of thiophene rings is 1. The van der Waals surface area contributed by atoms with Crippen LogP contribution in [0.15, 0.2) is 35.8 Å². The van der Waals surface area contributed by atoms with Crippen molar-refractivity contribution in [3.8, 4) is 5.75 Å². The van der Waals surface area contributed by atoms with Crippen molar-refractivity contribution < 1.29 is 9.53 Å². The van der Waals surface area contributed by atoms with E-state index in [2.05, 4.69) is 12.0 Å². The Morgan fingerprint density at radius 2 is 1.96 bits per heavy atom. The predicted octanol–water partition coefficient (Wildman–Crippen LogP) is 4.74. The lowest BCUT2D eigenvalue weighted by molar-refractivity contribution is 0.0789. The molecule has 148 valence electrons. The number of carbonyl (C=O) groups is 1. The fraction of sp³-hybridized carbons (Fsp3) is 0.364. The number of carbonyl (C=O) groups excluding carboxylic acids is 1. The first-order chi connectivity index (χ1) is 13.4. The number of para-hydroxylation sites is 1. The van der Waals surface area contributed by atoms with E-state index in [-0.39, 0.29) is 5.91 Å². The van der Waals surface area contributed by atoms with E-state index in [1.54, 1.807) is 4.90 Å². The highest BCUT2D eigenvalue weighted by atomic mass is 32.1. The molecule has 0 aliphatic carbocycles. The molecule has 1 aromatic carbocycles. The molecule has 0 spiro atoms. The topological polar surface area (TPSA) is 47.4 Å². The highest BCUT2D eigenvalue weighted by Gasteiger charge is 2.17. The average Bonchev–Trinajstić information content (AvgIpc) is 3.28. The van der Waals surface area contributed by atoms with E-state index < -0.39 is 0 Å². The van der Waals surface area contributed by atoms with Crippen LogP contribution in [0.25, 0.3) is 0 Å². The molecular weight excluding hydrogens is 370 g/mol. The van der Waals surface area contributed by atoms with Crippen molar-refractivity contribution in [2.24, 2.45) is 0 Å². The molecule has 2 aromatic heterocycles. The zero-order valence-electron chi connectivity index (χ0n) is 17.2. The van der Waals surface area contributed by atoms with Crippen molar-refractivity contribution in [3.63, 3.8) is 0 Å². The number of hydrogen-bond donors (Lipinski definition) is 0. The summed E-state index contributed by atoms with van der Waals surface area (Å²) in [7, 11) is 1.83. The Hall–Kier alpha value is -2.60. The number of benzene rings is 1. The zero-order chi connectivity index (χ0) is 20.3. The van der Waals surface area contributed by atoms with E-state index >= 15 is 0 Å². The van der Waals surface area contributed by atoms with E-state index in [1.807, 2.05) is 68.3 Å². The lowest BCUT2D eigenvalue weighted by Crippen LogP contribution is -2.25. The van der Waals surface area contributed by atoms with Gasteiger partial charge in [0.05, 0.1) is 11.1 Å². The Morgan fingerprint density at radius 1 is 1.25 bits per heavy atom. The molecule has 6 heteroatoms. The molecule has 0 unspecified atom stereocenters. The SMILES string of the molecule is CCn1ncc(CN(C)C(=O)c2cc(COc3c(C)cccc3C)cs2)c1C. The molecule has 3 aromatic rings. The lowest BCUT2D eigenvalue weighted by Gasteiger charge is -2.16. The molecule has 28 heavy (non-hydrogen) atoms. The molecule has 0 aliphatic rings. The number of ether oxygens (including phenoxy) is 1. The minimum absolute atomic E-state index is 0.0203. The van der Waals surface area contributed by atoms with Crippen LogP contribution >= 0.6 is 11.3 Å². The number of aromatic nitrogens is 2. The van der Waals surface area contributed by atoms with Crippen LogP contribution in [0.1, 0.15) is 44.5 Å². The summed E-state index contributed by atoms with van der Waals surface area (Å²) < 4.78 is 7.95. The third-order valence-electron chi connectivity index (χ3n) is 4.92. The van der Waals surface area contributed by atoms with Crippen LogP contribution in [0.5, 0.6) is 5.75 Å². The molecule has 2 heterocycles. The smallest absolute Gasteiger partial charge is 0.263 e. The Kier molecular flexibility index (Phi) is 6.19. The van der Waals surface area contributed by atoms with E-state index in [4.69, 9.17) is 4.74 Å². The van der Waals surface area contributed by atoms with Gasteiger partial charge in [-0.15, -0.1) is 11.3 Å². The Bertz CT molecular complexity index is 954. The average molecular weight is 398 g/mol. The van der Waals surface area contributed by atoms with Crippen LogP contribution < -0.4 is 4.74 Å². The van der Waals surface area contributed by atoms with Gasteiger partial charge in [-0.3, -0.25) is 9.48 Å². The summed E-state index contributed by atoms with van der Waals surface area (Å²) in [4.78, 5) is 15.3. The number of nitrogens with zero attached hydrogens (tertiary/aromatic N) is 3. The molecule has 1 amide bonds. The van der Waals surface area contributed by atoms with Crippen molar-refractivity contribution in [2.45, 2.75) is 47.4 Å². The van der Waals surface area contributed by atoms with Gasteiger partial charge in [-0.25, -0.2) is 0 Å². The molecule has 0 N–H and O–H groups in total. The van der Waals surface area contributed by atoms with Crippen LogP contribution in [0, 0.1) is 20.8 Å². The van der Waals surface area contributed by atoms with Gasteiger partial charge in [0, 0.05) is 37.0 Å². The Balaban J connectivity index is 1.64. The summed E-state index contributed by atoms with van der Waals surface area (Å²) >= 11 is 1.46. The third-order valence-corrected chi connectivity index (χ3v) is 5.88. The second kappa shape index (κ2) is 8.61. The largest absolute Gasteiger partial charge is 0.488 e. The maximum absolute atomic E-state index is 12.8. The van der Waals surface area contributed by atoms with Gasteiger partial charge in [0.25, 0.3) is 5.91 Å². The Labute approximate surface area is 170 Å². The van der Waals surface area contributed by atoms with Gasteiger partial charge in [0.15, 0.2) is 0 Å². The highest BCUT2D eigenvalue weighted by Crippen LogP contribution is 2.25. The van der Waals surface area contributed by atoms with Gasteiger partial charge in [-0.2, -0.15) is 5.10 Å². The second-order valence-corrected chi connectivity index (χ2v) is 7.97. The summed E-state index contributed by atoms with van der Waals surface area (Å²) in [5, 5.41) is 6.35. The zero-order valence-corrected chi connectivity index (χ0v) is 18.0. The van der Waals surface area contributed by atoms with Gasteiger partial charge in [0.1, 0.15) is 12.4 Å². The first-order valence-electron chi connectivity index (χ1n) is 9.43. The molecule has 0 fully saturated rings. The monoisotopic (exact) mass is 397 g/mol. The van der Waals surface area contributed by atoms with E-state index in [9.17, 15) is 4.79 Å². The van der Waals surface area contributed by atoms with Crippen LogP contribution in [0.3, 0.4) is 0 Å². The van der Waals surface area contributed by atoms with Gasteiger partial charge in [-0.1, -0.05) is 18.2 Å². The van der Waals surface area contributed by atoms with Crippen molar-refractivity contribution in [3.05, 3.63) is 68.7 Å². The number of amides is 1. The van der Waals surface area contributed by atoms with Crippen molar-refractivity contribution in [1.82, 2.24) is 14.7 Å². The van der Waals surface area contributed by atoms with Crippen molar-refractivity contribution in [2.75, 3.05) is 7.05 Å². The molecular formula is C22H27N3O2S. The van der Waals surface area contributed by atoms with Crippen molar-refractivity contribution >= 4 is 17.2 Å². The molecule has 0 atom stereocenters. The quantitative estimate of drug-likeness (QED) is 0.578. The molecule has 0 bridgehead atoms. The van der Waals surface area contributed by atoms with E-state index in [1.165, 1.54) is 11.3 Å².